The molecule has 0 aromatic carbocycles. The highest BCUT2D eigenvalue weighted by Crippen LogP contribution is 2.63. The molecule has 1 aliphatic heterocycles. The van der Waals surface area contributed by atoms with Crippen molar-refractivity contribution in [3.8, 4) is 0 Å². The third-order valence-corrected chi connectivity index (χ3v) is 4.27. The molecule has 4 nitrogen and oxygen atoms in total. The Morgan fingerprint density at radius 1 is 1.41 bits per heavy atom. The van der Waals surface area contributed by atoms with Crippen molar-refractivity contribution in [2.75, 3.05) is 0 Å². The fraction of sp³-hybridized carbons (Fsp3) is 0.750. The van der Waals surface area contributed by atoms with Crippen LogP contribution in [0.4, 0.5) is 0 Å². The van der Waals surface area contributed by atoms with Gasteiger partial charge in [0.15, 0.2) is 0 Å². The normalized spacial score (nSPS) is 31.4. The van der Waals surface area contributed by atoms with Crippen LogP contribution in [-0.2, 0) is 9.59 Å². The van der Waals surface area contributed by atoms with E-state index in [4.69, 9.17) is 18.0 Å². The molecule has 17 heavy (non-hydrogen) atoms. The number of hydrogen-bond donors (Lipinski definition) is 1. The van der Waals surface area contributed by atoms with Crippen LogP contribution in [0.1, 0.15) is 33.6 Å². The van der Waals surface area contributed by atoms with Crippen LogP contribution in [0.5, 0.6) is 0 Å². The molecule has 2 N–H and O–H groups in total. The van der Waals surface area contributed by atoms with Gasteiger partial charge in [0.05, 0.1) is 16.8 Å². The average Bonchev–Trinajstić information content (AvgIpc) is 2.66. The summed E-state index contributed by atoms with van der Waals surface area (Å²) in [7, 11) is 0. The van der Waals surface area contributed by atoms with Crippen LogP contribution in [0.15, 0.2) is 0 Å². The van der Waals surface area contributed by atoms with Crippen molar-refractivity contribution in [1.82, 2.24) is 4.90 Å². The summed E-state index contributed by atoms with van der Waals surface area (Å²) in [6.45, 7) is 5.90. The Morgan fingerprint density at radius 2 is 1.88 bits per heavy atom. The summed E-state index contributed by atoms with van der Waals surface area (Å²) in [6.07, 6.45) is 1.14. The van der Waals surface area contributed by atoms with Gasteiger partial charge in [0.25, 0.3) is 0 Å². The molecule has 1 saturated carbocycles. The Balaban J connectivity index is 2.17. The lowest BCUT2D eigenvalue weighted by Gasteiger charge is -2.28. The van der Waals surface area contributed by atoms with Crippen molar-refractivity contribution in [2.45, 2.75) is 39.7 Å². The summed E-state index contributed by atoms with van der Waals surface area (Å²) in [5.41, 5.74) is 5.36. The molecular formula is C12H18N2O2S. The lowest BCUT2D eigenvalue weighted by Crippen LogP contribution is -2.45. The first kappa shape index (κ1) is 12.5. The largest absolute Gasteiger partial charge is 0.393 e. The number of imide groups is 1. The Hall–Kier alpha value is -0.970. The molecule has 3 unspecified atom stereocenters. The first-order valence-corrected chi connectivity index (χ1v) is 6.38. The number of carbonyl (C=O) groups is 2. The minimum atomic E-state index is -0.156. The van der Waals surface area contributed by atoms with E-state index in [9.17, 15) is 9.59 Å². The van der Waals surface area contributed by atoms with E-state index in [1.807, 2.05) is 20.8 Å². The van der Waals surface area contributed by atoms with Crippen LogP contribution in [-0.4, -0.2) is 27.7 Å². The summed E-state index contributed by atoms with van der Waals surface area (Å²) in [6, 6.07) is -0.156. The molecule has 1 aliphatic carbocycles. The van der Waals surface area contributed by atoms with E-state index in [0.29, 0.717) is 17.8 Å². The van der Waals surface area contributed by atoms with Gasteiger partial charge in [-0.1, -0.05) is 33.0 Å². The SMILES string of the molecule is CCC(CC(N)=S)N1C(=O)C2C(C1=O)C2(C)C. The van der Waals surface area contributed by atoms with E-state index in [1.165, 1.54) is 4.90 Å². The molecule has 1 heterocycles. The zero-order valence-corrected chi connectivity index (χ0v) is 11.2. The van der Waals surface area contributed by atoms with Gasteiger partial charge in [-0.05, 0) is 11.8 Å². The minimum absolute atomic E-state index is 0.0342. The zero-order valence-electron chi connectivity index (χ0n) is 10.4. The van der Waals surface area contributed by atoms with Crippen molar-refractivity contribution in [1.29, 1.82) is 0 Å². The molecule has 0 aromatic heterocycles. The Labute approximate surface area is 107 Å². The lowest BCUT2D eigenvalue weighted by atomic mass is 10.0. The first-order valence-electron chi connectivity index (χ1n) is 5.97. The van der Waals surface area contributed by atoms with Gasteiger partial charge >= 0.3 is 0 Å². The molecule has 3 atom stereocenters. The molecule has 0 radical (unpaired) electrons. The number of piperidine rings is 1. The van der Waals surface area contributed by atoms with Gasteiger partial charge in [0.1, 0.15) is 0 Å². The predicted octanol–water partition coefficient (Wildman–Crippen LogP) is 1.08. The number of nitrogens with two attached hydrogens (primary N) is 1. The number of likely N-dealkylation sites (tertiary alicyclic amines) is 1. The smallest absolute Gasteiger partial charge is 0.233 e. The molecule has 94 valence electrons. The van der Waals surface area contributed by atoms with Crippen LogP contribution < -0.4 is 5.73 Å². The number of amides is 2. The summed E-state index contributed by atoms with van der Waals surface area (Å²) >= 11 is 4.87. The highest BCUT2D eigenvalue weighted by molar-refractivity contribution is 7.80. The highest BCUT2D eigenvalue weighted by Gasteiger charge is 2.72. The minimum Gasteiger partial charge on any atom is -0.393 e. The van der Waals surface area contributed by atoms with Crippen LogP contribution in [0.2, 0.25) is 0 Å². The number of fused-ring (bicyclic) bond motifs is 1. The summed E-state index contributed by atoms with van der Waals surface area (Å²) < 4.78 is 0. The van der Waals surface area contributed by atoms with Crippen LogP contribution in [0.25, 0.3) is 0 Å². The van der Waals surface area contributed by atoms with E-state index in [1.54, 1.807) is 0 Å². The van der Waals surface area contributed by atoms with Crippen molar-refractivity contribution < 1.29 is 9.59 Å². The Kier molecular flexibility index (Phi) is 2.77. The van der Waals surface area contributed by atoms with Crippen LogP contribution in [0, 0.1) is 17.3 Å². The monoisotopic (exact) mass is 254 g/mol. The second-order valence-corrected chi connectivity index (χ2v) is 6.08. The maximum atomic E-state index is 12.2. The molecule has 0 spiro atoms. The number of carbonyl (C=O) groups excluding carboxylic acids is 2. The molecule has 5 heteroatoms. The number of rotatable bonds is 4. The predicted molar refractivity (Wildman–Crippen MR) is 68.1 cm³/mol. The Bertz CT molecular complexity index is 381. The standard InChI is InChI=1S/C12H18N2O2S/c1-4-6(5-7(13)17)14-10(15)8-9(11(14)16)12(8,2)3/h6,8-9H,4-5H2,1-3H3,(H2,13,17). The van der Waals surface area contributed by atoms with Gasteiger partial charge in [-0.25, -0.2) is 0 Å². The molecule has 2 amide bonds. The second kappa shape index (κ2) is 3.77. The van der Waals surface area contributed by atoms with E-state index in [2.05, 4.69) is 0 Å². The lowest BCUT2D eigenvalue weighted by molar-refractivity contribution is -0.145. The third-order valence-electron chi connectivity index (χ3n) is 4.11. The summed E-state index contributed by atoms with van der Waals surface area (Å²) in [5, 5.41) is 0. The third kappa shape index (κ3) is 1.68. The molecule has 0 bridgehead atoms. The van der Waals surface area contributed by atoms with Gasteiger partial charge < -0.3 is 5.73 Å². The molecule has 2 aliphatic rings. The number of thiocarbonyl (C=S) groups is 1. The van der Waals surface area contributed by atoms with Crippen molar-refractivity contribution >= 4 is 29.0 Å². The van der Waals surface area contributed by atoms with Gasteiger partial charge in [-0.2, -0.15) is 0 Å². The average molecular weight is 254 g/mol. The van der Waals surface area contributed by atoms with Crippen molar-refractivity contribution in [3.05, 3.63) is 0 Å². The summed E-state index contributed by atoms with van der Waals surface area (Å²) in [4.78, 5) is 26.1. The van der Waals surface area contributed by atoms with Crippen molar-refractivity contribution in [2.24, 2.45) is 23.0 Å². The molecule has 1 saturated heterocycles. The van der Waals surface area contributed by atoms with E-state index < -0.39 is 0 Å². The van der Waals surface area contributed by atoms with Gasteiger partial charge in [-0.3, -0.25) is 14.5 Å². The quantitative estimate of drug-likeness (QED) is 0.602. The fourth-order valence-electron chi connectivity index (χ4n) is 2.98. The van der Waals surface area contributed by atoms with Crippen molar-refractivity contribution in [3.63, 3.8) is 0 Å². The van der Waals surface area contributed by atoms with E-state index in [0.717, 1.165) is 0 Å². The maximum Gasteiger partial charge on any atom is 0.233 e. The topological polar surface area (TPSA) is 63.4 Å². The first-order chi connectivity index (χ1) is 7.82. The molecule has 0 aromatic rings. The van der Waals surface area contributed by atoms with Crippen LogP contribution in [0.3, 0.4) is 0 Å². The maximum absolute atomic E-state index is 12.2. The zero-order chi connectivity index (χ0) is 13.0. The van der Waals surface area contributed by atoms with Gasteiger partial charge in [0, 0.05) is 12.5 Å². The van der Waals surface area contributed by atoms with E-state index >= 15 is 0 Å². The number of nitrogens with zero attached hydrogens (tertiary/aromatic N) is 1. The highest BCUT2D eigenvalue weighted by atomic mass is 32.1. The van der Waals surface area contributed by atoms with E-state index in [-0.39, 0.29) is 35.1 Å². The van der Waals surface area contributed by atoms with Gasteiger partial charge in [-0.15, -0.1) is 0 Å². The van der Waals surface area contributed by atoms with Gasteiger partial charge in [0.2, 0.25) is 11.8 Å². The molecule has 2 rings (SSSR count). The molecule has 2 fully saturated rings. The Morgan fingerprint density at radius 3 is 2.24 bits per heavy atom. The molecular weight excluding hydrogens is 236 g/mol. The second-order valence-electron chi connectivity index (χ2n) is 5.56. The van der Waals surface area contributed by atoms with Crippen LogP contribution >= 0.6 is 12.2 Å². The fourth-order valence-corrected chi connectivity index (χ4v) is 3.17. The summed E-state index contributed by atoms with van der Waals surface area (Å²) in [5.74, 6) is -0.299. The number of hydrogen-bond acceptors (Lipinski definition) is 3.